The highest BCUT2D eigenvalue weighted by Gasteiger charge is 2.23. The zero-order chi connectivity index (χ0) is 14.9. The third-order valence-corrected chi connectivity index (χ3v) is 4.05. The van der Waals surface area contributed by atoms with Crippen LogP contribution in [0.1, 0.15) is 23.5 Å². The van der Waals surface area contributed by atoms with Gasteiger partial charge < -0.3 is 9.84 Å². The first-order valence-electron chi connectivity index (χ1n) is 5.78. The van der Waals surface area contributed by atoms with Gasteiger partial charge in [0.2, 0.25) is 0 Å². The van der Waals surface area contributed by atoms with Crippen LogP contribution in [-0.4, -0.2) is 10.0 Å². The number of nitro groups is 1. The lowest BCUT2D eigenvalue weighted by molar-refractivity contribution is -0.385. The summed E-state index contributed by atoms with van der Waals surface area (Å²) in [5, 5.41) is 21.3. The highest BCUT2D eigenvalue weighted by Crippen LogP contribution is 2.42. The fraction of sp³-hybridized carbons (Fsp3) is 0.231. The molecule has 1 heterocycles. The molecule has 2 aromatic rings. The van der Waals surface area contributed by atoms with Crippen LogP contribution in [0.25, 0.3) is 0 Å². The van der Waals surface area contributed by atoms with E-state index in [0.29, 0.717) is 15.6 Å². The van der Waals surface area contributed by atoms with Crippen molar-refractivity contribution in [1.29, 1.82) is 0 Å². The molecular formula is C13H12ClNO4S. The zero-order valence-electron chi connectivity index (χ0n) is 10.8. The van der Waals surface area contributed by atoms with Crippen molar-refractivity contribution in [2.24, 2.45) is 0 Å². The number of aliphatic hydroxyl groups excluding tert-OH is 1. The summed E-state index contributed by atoms with van der Waals surface area (Å²) in [6.45, 7) is 3.35. The molecule has 106 valence electrons. The fourth-order valence-electron chi connectivity index (χ4n) is 1.62. The first-order chi connectivity index (χ1) is 9.38. The minimum atomic E-state index is -0.776. The molecule has 0 aliphatic rings. The van der Waals surface area contributed by atoms with Gasteiger partial charge in [-0.1, -0.05) is 22.9 Å². The van der Waals surface area contributed by atoms with Crippen LogP contribution < -0.4 is 4.74 Å². The maximum Gasteiger partial charge on any atom is 0.323 e. The van der Waals surface area contributed by atoms with Crippen molar-refractivity contribution in [1.82, 2.24) is 0 Å². The topological polar surface area (TPSA) is 72.6 Å². The number of benzene rings is 1. The van der Waals surface area contributed by atoms with Gasteiger partial charge in [0.25, 0.3) is 5.06 Å². The molecule has 0 unspecified atom stereocenters. The molecule has 0 saturated heterocycles. The molecular weight excluding hydrogens is 302 g/mol. The number of rotatable bonds is 4. The Morgan fingerprint density at radius 3 is 2.70 bits per heavy atom. The predicted octanol–water partition coefficient (Wildman–Crippen LogP) is 4.46. The minimum absolute atomic E-state index is 0.149. The standard InChI is InChI=1S/C13H12ClNO4S/c1-7-5-9(14)3-4-11(7)19-13-10(15(17)18)6-12(20-13)8(2)16/h3-6,8,16H,1-2H3/t8-/m1/s1. The Balaban J connectivity index is 2.39. The normalized spacial score (nSPS) is 12.2. The monoisotopic (exact) mass is 313 g/mol. The first-order valence-corrected chi connectivity index (χ1v) is 6.98. The molecule has 0 bridgehead atoms. The van der Waals surface area contributed by atoms with E-state index in [0.717, 1.165) is 16.9 Å². The molecule has 5 nitrogen and oxygen atoms in total. The highest BCUT2D eigenvalue weighted by molar-refractivity contribution is 7.14. The molecule has 0 fully saturated rings. The quantitative estimate of drug-likeness (QED) is 0.668. The van der Waals surface area contributed by atoms with Crippen LogP contribution in [0.3, 0.4) is 0 Å². The molecule has 1 aromatic carbocycles. The number of aryl methyl sites for hydroxylation is 1. The van der Waals surface area contributed by atoms with E-state index in [-0.39, 0.29) is 10.8 Å². The van der Waals surface area contributed by atoms with Crippen molar-refractivity contribution in [2.45, 2.75) is 20.0 Å². The van der Waals surface area contributed by atoms with Gasteiger partial charge in [0, 0.05) is 16.0 Å². The van der Waals surface area contributed by atoms with Gasteiger partial charge in [-0.3, -0.25) is 10.1 Å². The second kappa shape index (κ2) is 5.78. The van der Waals surface area contributed by atoms with E-state index in [1.807, 2.05) is 0 Å². The summed E-state index contributed by atoms with van der Waals surface area (Å²) in [5.74, 6) is 0.497. The van der Waals surface area contributed by atoms with Gasteiger partial charge in [-0.2, -0.15) is 0 Å². The zero-order valence-corrected chi connectivity index (χ0v) is 12.4. The van der Waals surface area contributed by atoms with Crippen molar-refractivity contribution in [2.75, 3.05) is 0 Å². The molecule has 7 heteroatoms. The van der Waals surface area contributed by atoms with E-state index in [4.69, 9.17) is 16.3 Å². The summed E-state index contributed by atoms with van der Waals surface area (Å²) in [5.41, 5.74) is 0.624. The van der Waals surface area contributed by atoms with Crippen LogP contribution in [0, 0.1) is 17.0 Å². The lowest BCUT2D eigenvalue weighted by Crippen LogP contribution is -1.90. The Bertz CT molecular complexity index is 654. The van der Waals surface area contributed by atoms with Crippen molar-refractivity contribution < 1.29 is 14.8 Å². The molecule has 0 aliphatic heterocycles. The van der Waals surface area contributed by atoms with Crippen LogP contribution in [0.15, 0.2) is 24.3 Å². The summed E-state index contributed by atoms with van der Waals surface area (Å²) < 4.78 is 5.59. The molecule has 2 rings (SSSR count). The van der Waals surface area contributed by atoms with Crippen LogP contribution in [0.4, 0.5) is 5.69 Å². The van der Waals surface area contributed by atoms with Crippen LogP contribution in [0.5, 0.6) is 10.8 Å². The molecule has 1 atom stereocenters. The summed E-state index contributed by atoms with van der Waals surface area (Å²) in [6.07, 6.45) is -0.776. The molecule has 0 spiro atoms. The Morgan fingerprint density at radius 2 is 2.15 bits per heavy atom. The Kier molecular flexibility index (Phi) is 4.27. The van der Waals surface area contributed by atoms with Gasteiger partial charge in [-0.05, 0) is 37.6 Å². The average Bonchev–Trinajstić information content (AvgIpc) is 2.77. The summed E-state index contributed by atoms with van der Waals surface area (Å²) in [7, 11) is 0. The Morgan fingerprint density at radius 1 is 1.45 bits per heavy atom. The molecule has 0 saturated carbocycles. The van der Waals surface area contributed by atoms with E-state index in [1.54, 1.807) is 32.0 Å². The molecule has 0 amide bonds. The van der Waals surface area contributed by atoms with Gasteiger partial charge in [0.15, 0.2) is 0 Å². The van der Waals surface area contributed by atoms with Crippen molar-refractivity contribution in [3.8, 4) is 10.8 Å². The molecule has 1 aromatic heterocycles. The van der Waals surface area contributed by atoms with Crippen molar-refractivity contribution >= 4 is 28.6 Å². The smallest absolute Gasteiger partial charge is 0.323 e. The molecule has 1 N–H and O–H groups in total. The lowest BCUT2D eigenvalue weighted by atomic mass is 10.2. The maximum atomic E-state index is 11.0. The van der Waals surface area contributed by atoms with Gasteiger partial charge in [-0.15, -0.1) is 0 Å². The molecule has 20 heavy (non-hydrogen) atoms. The summed E-state index contributed by atoms with van der Waals surface area (Å²) in [4.78, 5) is 11.0. The molecule has 0 aliphatic carbocycles. The van der Waals surface area contributed by atoms with Crippen molar-refractivity contribution in [3.05, 3.63) is 49.8 Å². The summed E-state index contributed by atoms with van der Waals surface area (Å²) in [6, 6.07) is 6.35. The summed E-state index contributed by atoms with van der Waals surface area (Å²) >= 11 is 6.91. The van der Waals surface area contributed by atoms with Crippen LogP contribution >= 0.6 is 22.9 Å². The highest BCUT2D eigenvalue weighted by atomic mass is 35.5. The average molecular weight is 314 g/mol. The second-order valence-corrected chi connectivity index (χ2v) is 5.75. The van der Waals surface area contributed by atoms with E-state index in [1.165, 1.54) is 6.07 Å². The Labute approximate surface area is 124 Å². The van der Waals surface area contributed by atoms with Crippen LogP contribution in [-0.2, 0) is 0 Å². The van der Waals surface area contributed by atoms with Crippen molar-refractivity contribution in [3.63, 3.8) is 0 Å². The van der Waals surface area contributed by atoms with E-state index in [2.05, 4.69) is 0 Å². The second-order valence-electron chi connectivity index (χ2n) is 4.27. The van der Waals surface area contributed by atoms with Crippen LogP contribution in [0.2, 0.25) is 5.02 Å². The number of nitrogens with zero attached hydrogens (tertiary/aromatic N) is 1. The SMILES string of the molecule is Cc1cc(Cl)ccc1Oc1sc([C@@H](C)O)cc1[N+](=O)[O-]. The van der Waals surface area contributed by atoms with Gasteiger partial charge in [0.05, 0.1) is 11.0 Å². The number of aliphatic hydroxyl groups is 1. The maximum absolute atomic E-state index is 11.0. The lowest BCUT2D eigenvalue weighted by Gasteiger charge is -2.06. The van der Waals surface area contributed by atoms with E-state index in [9.17, 15) is 15.2 Å². The number of ether oxygens (including phenoxy) is 1. The number of halogens is 1. The number of hydrogen-bond acceptors (Lipinski definition) is 5. The predicted molar refractivity (Wildman–Crippen MR) is 77.9 cm³/mol. The Hall–Kier alpha value is -1.63. The third kappa shape index (κ3) is 3.09. The minimum Gasteiger partial charge on any atom is -0.440 e. The largest absolute Gasteiger partial charge is 0.440 e. The van der Waals surface area contributed by atoms with Gasteiger partial charge >= 0.3 is 5.69 Å². The number of hydrogen-bond donors (Lipinski definition) is 1. The third-order valence-electron chi connectivity index (χ3n) is 2.65. The molecule has 0 radical (unpaired) electrons. The first kappa shape index (κ1) is 14.8. The number of thiophene rings is 1. The van der Waals surface area contributed by atoms with Gasteiger partial charge in [0.1, 0.15) is 5.75 Å². The van der Waals surface area contributed by atoms with E-state index >= 15 is 0 Å². The van der Waals surface area contributed by atoms with Gasteiger partial charge in [-0.25, -0.2) is 0 Å². The fourth-order valence-corrected chi connectivity index (χ4v) is 2.77. The van der Waals surface area contributed by atoms with E-state index < -0.39 is 11.0 Å².